The molecule has 1 atom stereocenters. The number of hydrogen-bond donors (Lipinski definition) is 2. The second kappa shape index (κ2) is 8.91. The SMILES string of the molecule is CC(C)C(NC(=O)c1c(F)cccc1F)C(=O)Nc1nc(-c2ccccc2)cs1. The molecule has 0 aliphatic heterocycles. The molecule has 0 saturated heterocycles. The molecule has 3 rings (SSSR count). The van der Waals surface area contributed by atoms with E-state index in [1.165, 1.54) is 17.4 Å². The molecule has 1 heterocycles. The van der Waals surface area contributed by atoms with E-state index < -0.39 is 35.1 Å². The Bertz CT molecular complexity index is 1000. The third-order valence-electron chi connectivity index (χ3n) is 4.23. The van der Waals surface area contributed by atoms with Crippen molar-refractivity contribution in [3.05, 3.63) is 71.1 Å². The van der Waals surface area contributed by atoms with Gasteiger partial charge in [0.15, 0.2) is 5.13 Å². The maximum atomic E-state index is 13.9. The van der Waals surface area contributed by atoms with Crippen LogP contribution in [0.3, 0.4) is 0 Å². The van der Waals surface area contributed by atoms with Gasteiger partial charge in [0.05, 0.1) is 5.69 Å². The summed E-state index contributed by atoms with van der Waals surface area (Å²) in [5, 5.41) is 7.26. The maximum absolute atomic E-state index is 13.9. The standard InChI is InChI=1S/C21H19F2N3O2S/c1-12(2)18(25-19(27)17-14(22)9-6-10-15(17)23)20(28)26-21-24-16(11-29-21)13-7-4-3-5-8-13/h3-12,18H,1-2H3,(H,25,27)(H,24,26,28). The van der Waals surface area contributed by atoms with Crippen LogP contribution in [-0.2, 0) is 4.79 Å². The molecule has 0 spiro atoms. The third kappa shape index (κ3) is 4.83. The van der Waals surface area contributed by atoms with Crippen molar-refractivity contribution in [3.8, 4) is 11.3 Å². The number of rotatable bonds is 6. The van der Waals surface area contributed by atoms with Gasteiger partial charge in [-0.15, -0.1) is 11.3 Å². The van der Waals surface area contributed by atoms with E-state index in [0.717, 1.165) is 17.7 Å². The minimum Gasteiger partial charge on any atom is -0.340 e. The van der Waals surface area contributed by atoms with Crippen molar-refractivity contribution in [2.45, 2.75) is 19.9 Å². The zero-order valence-corrected chi connectivity index (χ0v) is 16.6. The number of nitrogens with one attached hydrogen (secondary N) is 2. The first-order valence-corrected chi connectivity index (χ1v) is 9.81. The lowest BCUT2D eigenvalue weighted by atomic mass is 10.0. The summed E-state index contributed by atoms with van der Waals surface area (Å²) in [4.78, 5) is 29.4. The van der Waals surface area contributed by atoms with Crippen LogP contribution in [0.5, 0.6) is 0 Å². The molecule has 29 heavy (non-hydrogen) atoms. The van der Waals surface area contributed by atoms with Crippen molar-refractivity contribution in [1.82, 2.24) is 10.3 Å². The number of thiazole rings is 1. The van der Waals surface area contributed by atoms with Crippen molar-refractivity contribution < 1.29 is 18.4 Å². The number of benzene rings is 2. The van der Waals surface area contributed by atoms with Crippen molar-refractivity contribution >= 4 is 28.3 Å². The molecule has 1 aromatic heterocycles. The Morgan fingerprint density at radius 1 is 1.00 bits per heavy atom. The highest BCUT2D eigenvalue weighted by molar-refractivity contribution is 7.14. The number of hydrogen-bond acceptors (Lipinski definition) is 4. The predicted molar refractivity (Wildman–Crippen MR) is 109 cm³/mol. The first-order valence-electron chi connectivity index (χ1n) is 8.93. The second-order valence-electron chi connectivity index (χ2n) is 6.68. The first-order chi connectivity index (χ1) is 13.9. The number of carbonyl (C=O) groups is 2. The lowest BCUT2D eigenvalue weighted by Gasteiger charge is -2.21. The van der Waals surface area contributed by atoms with E-state index in [0.29, 0.717) is 10.8 Å². The molecule has 0 saturated carbocycles. The minimum absolute atomic E-state index is 0.317. The van der Waals surface area contributed by atoms with E-state index in [1.54, 1.807) is 13.8 Å². The molecule has 150 valence electrons. The third-order valence-corrected chi connectivity index (χ3v) is 4.99. The van der Waals surface area contributed by atoms with Crippen molar-refractivity contribution in [1.29, 1.82) is 0 Å². The topological polar surface area (TPSA) is 71.1 Å². The van der Waals surface area contributed by atoms with Crippen LogP contribution in [0.1, 0.15) is 24.2 Å². The molecule has 0 bridgehead atoms. The largest absolute Gasteiger partial charge is 0.340 e. The van der Waals surface area contributed by atoms with Gasteiger partial charge in [-0.3, -0.25) is 9.59 Å². The summed E-state index contributed by atoms with van der Waals surface area (Å²) in [5.74, 6) is -3.80. The summed E-state index contributed by atoms with van der Waals surface area (Å²) in [6, 6.07) is 11.6. The summed E-state index contributed by atoms with van der Waals surface area (Å²) < 4.78 is 27.7. The van der Waals surface area contributed by atoms with Gasteiger partial charge in [-0.2, -0.15) is 0 Å². The molecule has 0 aliphatic carbocycles. The van der Waals surface area contributed by atoms with Gasteiger partial charge < -0.3 is 10.6 Å². The van der Waals surface area contributed by atoms with Gasteiger partial charge in [-0.1, -0.05) is 50.2 Å². The van der Waals surface area contributed by atoms with Crippen LogP contribution in [0, 0.1) is 17.6 Å². The molecule has 3 aromatic rings. The van der Waals surface area contributed by atoms with Gasteiger partial charge in [0, 0.05) is 10.9 Å². The van der Waals surface area contributed by atoms with Crippen LogP contribution < -0.4 is 10.6 Å². The van der Waals surface area contributed by atoms with Gasteiger partial charge in [0.1, 0.15) is 23.2 Å². The van der Waals surface area contributed by atoms with E-state index in [-0.39, 0.29) is 5.92 Å². The fourth-order valence-electron chi connectivity index (χ4n) is 2.72. The number of halogens is 2. The highest BCUT2D eigenvalue weighted by Gasteiger charge is 2.27. The molecule has 0 aliphatic rings. The predicted octanol–water partition coefficient (Wildman–Crippen LogP) is 4.48. The zero-order chi connectivity index (χ0) is 21.0. The highest BCUT2D eigenvalue weighted by Crippen LogP contribution is 2.25. The average molecular weight is 415 g/mol. The van der Waals surface area contributed by atoms with E-state index in [1.807, 2.05) is 35.7 Å². The maximum Gasteiger partial charge on any atom is 0.257 e. The quantitative estimate of drug-likeness (QED) is 0.624. The lowest BCUT2D eigenvalue weighted by Crippen LogP contribution is -2.47. The van der Waals surface area contributed by atoms with Crippen LogP contribution >= 0.6 is 11.3 Å². The monoisotopic (exact) mass is 415 g/mol. The van der Waals surface area contributed by atoms with E-state index in [9.17, 15) is 18.4 Å². The molecule has 8 heteroatoms. The van der Waals surface area contributed by atoms with Crippen LogP contribution in [0.2, 0.25) is 0 Å². The summed E-state index contributed by atoms with van der Waals surface area (Å²) >= 11 is 1.25. The summed E-state index contributed by atoms with van der Waals surface area (Å²) in [6.07, 6.45) is 0. The summed E-state index contributed by atoms with van der Waals surface area (Å²) in [5.41, 5.74) is 0.906. The van der Waals surface area contributed by atoms with Gasteiger partial charge in [0.25, 0.3) is 5.91 Å². The smallest absolute Gasteiger partial charge is 0.257 e. The lowest BCUT2D eigenvalue weighted by molar-refractivity contribution is -0.118. The Morgan fingerprint density at radius 2 is 1.66 bits per heavy atom. The fraction of sp³-hybridized carbons (Fsp3) is 0.190. The van der Waals surface area contributed by atoms with Crippen LogP contribution in [0.4, 0.5) is 13.9 Å². The molecule has 2 aromatic carbocycles. The second-order valence-corrected chi connectivity index (χ2v) is 7.54. The Labute approximate surface area is 170 Å². The van der Waals surface area contributed by atoms with E-state index in [2.05, 4.69) is 15.6 Å². The molecule has 1 unspecified atom stereocenters. The van der Waals surface area contributed by atoms with Crippen LogP contribution in [0.25, 0.3) is 11.3 Å². The van der Waals surface area contributed by atoms with Crippen molar-refractivity contribution in [2.24, 2.45) is 5.92 Å². The average Bonchev–Trinajstić information content (AvgIpc) is 3.14. The first kappa shape index (κ1) is 20.6. The van der Waals surface area contributed by atoms with Crippen LogP contribution in [0.15, 0.2) is 53.9 Å². The zero-order valence-electron chi connectivity index (χ0n) is 15.8. The van der Waals surface area contributed by atoms with E-state index in [4.69, 9.17) is 0 Å². The molecule has 5 nitrogen and oxygen atoms in total. The number of anilines is 1. The van der Waals surface area contributed by atoms with E-state index >= 15 is 0 Å². The molecule has 2 N–H and O–H groups in total. The van der Waals surface area contributed by atoms with Crippen molar-refractivity contribution in [3.63, 3.8) is 0 Å². The Balaban J connectivity index is 1.73. The summed E-state index contributed by atoms with van der Waals surface area (Å²) in [7, 11) is 0. The normalized spacial score (nSPS) is 11.9. The molecular formula is C21H19F2N3O2S. The van der Waals surface area contributed by atoms with Gasteiger partial charge in [0.2, 0.25) is 5.91 Å². The Morgan fingerprint density at radius 3 is 2.28 bits per heavy atom. The Kier molecular flexibility index (Phi) is 6.33. The summed E-state index contributed by atoms with van der Waals surface area (Å²) in [6.45, 7) is 3.44. The molecular weight excluding hydrogens is 396 g/mol. The van der Waals surface area contributed by atoms with Crippen LogP contribution in [-0.4, -0.2) is 22.8 Å². The fourth-order valence-corrected chi connectivity index (χ4v) is 3.44. The van der Waals surface area contributed by atoms with Gasteiger partial charge in [-0.05, 0) is 18.1 Å². The minimum atomic E-state index is -0.995. The Hall–Kier alpha value is -3.13. The molecule has 0 radical (unpaired) electrons. The number of nitrogens with zero attached hydrogens (tertiary/aromatic N) is 1. The number of aromatic nitrogens is 1. The number of amides is 2. The molecule has 0 fully saturated rings. The molecule has 2 amide bonds. The van der Waals surface area contributed by atoms with Gasteiger partial charge >= 0.3 is 0 Å². The highest BCUT2D eigenvalue weighted by atomic mass is 32.1. The van der Waals surface area contributed by atoms with Crippen molar-refractivity contribution in [2.75, 3.05) is 5.32 Å². The van der Waals surface area contributed by atoms with Gasteiger partial charge in [-0.25, -0.2) is 13.8 Å². The number of carbonyl (C=O) groups excluding carboxylic acids is 2.